The number of thioether (sulfide) groups is 1. The Morgan fingerprint density at radius 2 is 2.06 bits per heavy atom. The highest BCUT2D eigenvalue weighted by molar-refractivity contribution is 8.02. The molecule has 0 spiro atoms. The van der Waals surface area contributed by atoms with Crippen LogP contribution in [0.1, 0.15) is 41.0 Å². The molecule has 1 amide bonds. The molecule has 0 saturated carbocycles. The molecule has 1 rings (SSSR count). The van der Waals surface area contributed by atoms with Crippen LogP contribution in [-0.2, 0) is 14.3 Å². The average Bonchev–Trinajstić information content (AvgIpc) is 2.19. The minimum Gasteiger partial charge on any atom is -0.448 e. The average molecular weight is 245 g/mol. The Morgan fingerprint density at radius 1 is 1.50 bits per heavy atom. The summed E-state index contributed by atoms with van der Waals surface area (Å²) in [5, 5.41) is 2.46. The van der Waals surface area contributed by atoms with Crippen molar-refractivity contribution >= 4 is 23.6 Å². The SMILES string of the molecule is CC(C)(C)NC(=O)CC1SC(C)(C)OC1=O. The third-order valence-corrected chi connectivity index (χ3v) is 3.22. The summed E-state index contributed by atoms with van der Waals surface area (Å²) in [5.41, 5.74) is -0.264. The third-order valence-electron chi connectivity index (χ3n) is 1.92. The zero-order valence-corrected chi connectivity index (χ0v) is 11.2. The Labute approximate surface area is 100 Å². The van der Waals surface area contributed by atoms with Gasteiger partial charge in [0.05, 0.1) is 0 Å². The van der Waals surface area contributed by atoms with E-state index in [0.717, 1.165) is 0 Å². The van der Waals surface area contributed by atoms with Gasteiger partial charge in [-0.3, -0.25) is 9.59 Å². The molecular formula is C11H19NO3S. The van der Waals surface area contributed by atoms with Gasteiger partial charge in [-0.25, -0.2) is 0 Å². The maximum Gasteiger partial charge on any atom is 0.321 e. The van der Waals surface area contributed by atoms with E-state index in [0.29, 0.717) is 0 Å². The molecule has 1 heterocycles. The fourth-order valence-corrected chi connectivity index (χ4v) is 2.68. The molecule has 0 bridgehead atoms. The van der Waals surface area contributed by atoms with Crippen molar-refractivity contribution in [1.82, 2.24) is 5.32 Å². The molecule has 1 atom stereocenters. The van der Waals surface area contributed by atoms with Crippen molar-refractivity contribution in [2.24, 2.45) is 0 Å². The molecule has 1 aliphatic rings. The molecule has 1 aliphatic heterocycles. The van der Waals surface area contributed by atoms with Crippen LogP contribution in [0.25, 0.3) is 0 Å². The van der Waals surface area contributed by atoms with Crippen LogP contribution in [0.3, 0.4) is 0 Å². The first-order valence-electron chi connectivity index (χ1n) is 5.31. The van der Waals surface area contributed by atoms with Gasteiger partial charge in [0.25, 0.3) is 0 Å². The Morgan fingerprint density at radius 3 is 2.44 bits per heavy atom. The predicted octanol–water partition coefficient (Wildman–Crippen LogP) is 1.69. The van der Waals surface area contributed by atoms with Gasteiger partial charge in [-0.1, -0.05) is 11.8 Å². The van der Waals surface area contributed by atoms with E-state index in [1.807, 2.05) is 34.6 Å². The summed E-state index contributed by atoms with van der Waals surface area (Å²) in [6.07, 6.45) is 0.185. The second kappa shape index (κ2) is 4.28. The number of carbonyl (C=O) groups excluding carboxylic acids is 2. The summed E-state index contributed by atoms with van der Waals surface area (Å²) in [7, 11) is 0. The van der Waals surface area contributed by atoms with Crippen LogP contribution in [0, 0.1) is 0 Å². The highest BCUT2D eigenvalue weighted by atomic mass is 32.2. The lowest BCUT2D eigenvalue weighted by atomic mass is 10.1. The van der Waals surface area contributed by atoms with Crippen LogP contribution < -0.4 is 5.32 Å². The molecule has 0 aromatic rings. The molecule has 1 unspecified atom stereocenters. The van der Waals surface area contributed by atoms with E-state index in [9.17, 15) is 9.59 Å². The first-order valence-corrected chi connectivity index (χ1v) is 6.19. The Hall–Kier alpha value is -0.710. The summed E-state index contributed by atoms with van der Waals surface area (Å²) >= 11 is 1.40. The van der Waals surface area contributed by atoms with Crippen LogP contribution in [-0.4, -0.2) is 27.6 Å². The fraction of sp³-hybridized carbons (Fsp3) is 0.818. The van der Waals surface area contributed by atoms with Crippen LogP contribution in [0.15, 0.2) is 0 Å². The predicted molar refractivity (Wildman–Crippen MR) is 64.1 cm³/mol. The second-order valence-electron chi connectivity index (χ2n) is 5.43. The summed E-state index contributed by atoms with van der Waals surface area (Å²) in [5.74, 6) is -0.404. The summed E-state index contributed by atoms with van der Waals surface area (Å²) < 4.78 is 5.14. The zero-order valence-electron chi connectivity index (χ0n) is 10.4. The first-order chi connectivity index (χ1) is 7.09. The van der Waals surface area contributed by atoms with E-state index in [1.54, 1.807) is 0 Å². The lowest BCUT2D eigenvalue weighted by molar-refractivity contribution is -0.147. The largest absolute Gasteiger partial charge is 0.448 e. The summed E-state index contributed by atoms with van der Waals surface area (Å²) in [4.78, 5) is 22.6. The van der Waals surface area contributed by atoms with E-state index < -0.39 is 4.93 Å². The number of ether oxygens (including phenoxy) is 1. The number of cyclic esters (lactones) is 1. The van der Waals surface area contributed by atoms with Gasteiger partial charge < -0.3 is 10.1 Å². The lowest BCUT2D eigenvalue weighted by Crippen LogP contribution is -2.42. The van der Waals surface area contributed by atoms with Gasteiger partial charge in [-0.2, -0.15) is 0 Å². The third kappa shape index (κ3) is 4.04. The Balaban J connectivity index is 2.50. The van der Waals surface area contributed by atoms with Crippen molar-refractivity contribution in [1.29, 1.82) is 0 Å². The topological polar surface area (TPSA) is 55.4 Å². The second-order valence-corrected chi connectivity index (χ2v) is 7.22. The van der Waals surface area contributed by atoms with Gasteiger partial charge in [0.2, 0.25) is 5.91 Å². The van der Waals surface area contributed by atoms with Crippen molar-refractivity contribution in [3.8, 4) is 0 Å². The molecular weight excluding hydrogens is 226 g/mol. The first kappa shape index (κ1) is 13.4. The maximum atomic E-state index is 11.6. The minimum atomic E-state index is -0.510. The number of esters is 1. The molecule has 1 N–H and O–H groups in total. The van der Waals surface area contributed by atoms with Gasteiger partial charge in [0.15, 0.2) is 4.93 Å². The van der Waals surface area contributed by atoms with Crippen LogP contribution in [0.2, 0.25) is 0 Å². The molecule has 1 fully saturated rings. The molecule has 0 radical (unpaired) electrons. The van der Waals surface area contributed by atoms with Crippen LogP contribution in [0.5, 0.6) is 0 Å². The molecule has 16 heavy (non-hydrogen) atoms. The van der Waals surface area contributed by atoms with Crippen molar-refractivity contribution in [2.75, 3.05) is 0 Å². The quantitative estimate of drug-likeness (QED) is 0.752. The van der Waals surface area contributed by atoms with Crippen molar-refractivity contribution in [3.05, 3.63) is 0 Å². The van der Waals surface area contributed by atoms with E-state index in [4.69, 9.17) is 4.74 Å². The molecule has 5 heteroatoms. The van der Waals surface area contributed by atoms with E-state index in [-0.39, 0.29) is 29.1 Å². The zero-order chi connectivity index (χ0) is 12.6. The summed E-state index contributed by atoms with van der Waals surface area (Å²) in [6.45, 7) is 9.40. The molecule has 0 aromatic carbocycles. The molecule has 0 aromatic heterocycles. The van der Waals surface area contributed by atoms with Gasteiger partial charge in [0.1, 0.15) is 5.25 Å². The van der Waals surface area contributed by atoms with Gasteiger partial charge in [-0.05, 0) is 34.6 Å². The van der Waals surface area contributed by atoms with E-state index in [1.165, 1.54) is 11.8 Å². The molecule has 0 aliphatic carbocycles. The van der Waals surface area contributed by atoms with Gasteiger partial charge in [0, 0.05) is 12.0 Å². The lowest BCUT2D eigenvalue weighted by Gasteiger charge is -2.21. The van der Waals surface area contributed by atoms with Crippen molar-refractivity contribution in [2.45, 2.75) is 56.8 Å². The van der Waals surface area contributed by atoms with E-state index >= 15 is 0 Å². The number of carbonyl (C=O) groups is 2. The monoisotopic (exact) mass is 245 g/mol. The molecule has 4 nitrogen and oxygen atoms in total. The Kier molecular flexibility index (Phi) is 3.57. The smallest absolute Gasteiger partial charge is 0.321 e. The maximum absolute atomic E-state index is 11.6. The number of amides is 1. The number of nitrogens with one attached hydrogen (secondary N) is 1. The van der Waals surface area contributed by atoms with Crippen molar-refractivity contribution < 1.29 is 14.3 Å². The van der Waals surface area contributed by atoms with Crippen molar-refractivity contribution in [3.63, 3.8) is 0 Å². The van der Waals surface area contributed by atoms with Gasteiger partial charge >= 0.3 is 5.97 Å². The Bertz CT molecular complexity index is 307. The van der Waals surface area contributed by atoms with E-state index in [2.05, 4.69) is 5.32 Å². The summed E-state index contributed by atoms with van der Waals surface area (Å²) in [6, 6.07) is 0. The minimum absolute atomic E-state index is 0.111. The van der Waals surface area contributed by atoms with Gasteiger partial charge in [-0.15, -0.1) is 0 Å². The standard InChI is InChI=1S/C11H19NO3S/c1-10(2,3)12-8(13)6-7-9(14)15-11(4,5)16-7/h7H,6H2,1-5H3,(H,12,13). The van der Waals surface area contributed by atoms with Crippen LogP contribution >= 0.6 is 11.8 Å². The highest BCUT2D eigenvalue weighted by Gasteiger charge is 2.41. The fourth-order valence-electron chi connectivity index (χ4n) is 1.49. The number of rotatable bonds is 2. The number of hydrogen-bond acceptors (Lipinski definition) is 4. The number of hydrogen-bond donors (Lipinski definition) is 1. The normalized spacial score (nSPS) is 24.1. The molecule has 1 saturated heterocycles. The molecule has 92 valence electrons. The highest BCUT2D eigenvalue weighted by Crippen LogP contribution is 2.39. The van der Waals surface area contributed by atoms with Crippen LogP contribution in [0.4, 0.5) is 0 Å².